The molecule has 2 aromatic rings. The minimum Gasteiger partial charge on any atom is -0.467 e. The van der Waals surface area contributed by atoms with Crippen molar-refractivity contribution in [1.82, 2.24) is 0 Å². The second-order valence-electron chi connectivity index (χ2n) is 3.96. The van der Waals surface area contributed by atoms with Crippen LogP contribution in [0.1, 0.15) is 11.3 Å². The van der Waals surface area contributed by atoms with Crippen molar-refractivity contribution in [3.8, 4) is 0 Å². The monoisotopic (exact) mass is 294 g/mol. The highest BCUT2D eigenvalue weighted by Gasteiger charge is 2.06. The lowest BCUT2D eigenvalue weighted by molar-refractivity contribution is 0.507. The molecule has 1 aromatic heterocycles. The molecule has 0 saturated heterocycles. The Morgan fingerprint density at radius 3 is 2.82 bits per heavy atom. The molecule has 0 bridgehead atoms. The highest BCUT2D eigenvalue weighted by molar-refractivity contribution is 9.10. The van der Waals surface area contributed by atoms with Crippen LogP contribution in [0, 0.1) is 0 Å². The van der Waals surface area contributed by atoms with E-state index in [1.807, 2.05) is 25.2 Å². The molecule has 4 heteroatoms. The van der Waals surface area contributed by atoms with Gasteiger partial charge in [-0.3, -0.25) is 0 Å². The summed E-state index contributed by atoms with van der Waals surface area (Å²) in [5.41, 5.74) is 7.90. The molecule has 2 rings (SSSR count). The zero-order chi connectivity index (χ0) is 12.3. The van der Waals surface area contributed by atoms with Crippen LogP contribution in [0.15, 0.2) is 45.5 Å². The van der Waals surface area contributed by atoms with E-state index in [-0.39, 0.29) is 0 Å². The molecule has 17 heavy (non-hydrogen) atoms. The van der Waals surface area contributed by atoms with Crippen molar-refractivity contribution in [2.24, 2.45) is 5.73 Å². The normalized spacial score (nSPS) is 10.5. The van der Waals surface area contributed by atoms with Gasteiger partial charge in [0.15, 0.2) is 0 Å². The SMILES string of the molecule is CN(Cc1ccco1)c1cc(Br)cc(CN)c1. The van der Waals surface area contributed by atoms with E-state index in [4.69, 9.17) is 10.2 Å². The first-order valence-electron chi connectivity index (χ1n) is 5.42. The van der Waals surface area contributed by atoms with Crippen LogP contribution in [-0.2, 0) is 13.1 Å². The maximum absolute atomic E-state index is 5.67. The van der Waals surface area contributed by atoms with Crippen molar-refractivity contribution in [3.63, 3.8) is 0 Å². The van der Waals surface area contributed by atoms with E-state index in [1.54, 1.807) is 6.26 Å². The molecule has 0 unspecified atom stereocenters. The first-order valence-corrected chi connectivity index (χ1v) is 6.21. The molecule has 90 valence electrons. The lowest BCUT2D eigenvalue weighted by Crippen LogP contribution is -2.16. The summed E-state index contributed by atoms with van der Waals surface area (Å²) in [6.45, 7) is 1.29. The molecule has 2 N–H and O–H groups in total. The number of hydrogen-bond donors (Lipinski definition) is 1. The summed E-state index contributed by atoms with van der Waals surface area (Å²) in [6, 6.07) is 10.1. The smallest absolute Gasteiger partial charge is 0.123 e. The quantitative estimate of drug-likeness (QED) is 0.942. The third-order valence-electron chi connectivity index (χ3n) is 2.59. The molecule has 0 aliphatic rings. The molecule has 0 amide bonds. The fraction of sp³-hybridized carbons (Fsp3) is 0.231. The molecule has 0 aliphatic carbocycles. The van der Waals surface area contributed by atoms with Gasteiger partial charge in [-0.1, -0.05) is 15.9 Å². The second kappa shape index (κ2) is 5.38. The predicted octanol–water partition coefficient (Wildman–Crippen LogP) is 3.14. The Balaban J connectivity index is 2.18. The van der Waals surface area contributed by atoms with Crippen molar-refractivity contribution < 1.29 is 4.42 Å². The van der Waals surface area contributed by atoms with Crippen molar-refractivity contribution >= 4 is 21.6 Å². The number of anilines is 1. The summed E-state index contributed by atoms with van der Waals surface area (Å²) in [7, 11) is 2.03. The van der Waals surface area contributed by atoms with Crippen molar-refractivity contribution in [1.29, 1.82) is 0 Å². The van der Waals surface area contributed by atoms with Crippen molar-refractivity contribution in [2.75, 3.05) is 11.9 Å². The van der Waals surface area contributed by atoms with E-state index in [2.05, 4.69) is 33.0 Å². The molecule has 0 spiro atoms. The largest absolute Gasteiger partial charge is 0.467 e. The van der Waals surface area contributed by atoms with Crippen LogP contribution < -0.4 is 10.6 Å². The Morgan fingerprint density at radius 1 is 1.35 bits per heavy atom. The van der Waals surface area contributed by atoms with Crippen molar-refractivity contribution in [3.05, 3.63) is 52.4 Å². The number of hydrogen-bond acceptors (Lipinski definition) is 3. The third-order valence-corrected chi connectivity index (χ3v) is 3.05. The topological polar surface area (TPSA) is 42.4 Å². The summed E-state index contributed by atoms with van der Waals surface area (Å²) in [6.07, 6.45) is 1.69. The van der Waals surface area contributed by atoms with Crippen LogP contribution in [0.2, 0.25) is 0 Å². The fourth-order valence-electron chi connectivity index (χ4n) is 1.70. The third kappa shape index (κ3) is 3.11. The fourth-order valence-corrected chi connectivity index (χ4v) is 2.23. The van der Waals surface area contributed by atoms with E-state index < -0.39 is 0 Å². The molecule has 0 saturated carbocycles. The van der Waals surface area contributed by atoms with Gasteiger partial charge in [-0.2, -0.15) is 0 Å². The molecular formula is C13H15BrN2O. The van der Waals surface area contributed by atoms with Gasteiger partial charge < -0.3 is 15.1 Å². The average molecular weight is 295 g/mol. The summed E-state index contributed by atoms with van der Waals surface area (Å²) in [4.78, 5) is 2.13. The molecular weight excluding hydrogens is 280 g/mol. The molecule has 0 atom stereocenters. The lowest BCUT2D eigenvalue weighted by atomic mass is 10.2. The number of nitrogens with two attached hydrogens (primary N) is 1. The van der Waals surface area contributed by atoms with Gasteiger partial charge in [0.1, 0.15) is 5.76 Å². The number of rotatable bonds is 4. The zero-order valence-electron chi connectivity index (χ0n) is 9.69. The average Bonchev–Trinajstić information content (AvgIpc) is 2.81. The van der Waals surface area contributed by atoms with Gasteiger partial charge >= 0.3 is 0 Å². The molecule has 0 radical (unpaired) electrons. The van der Waals surface area contributed by atoms with Crippen LogP contribution in [0.4, 0.5) is 5.69 Å². The first-order chi connectivity index (χ1) is 8.19. The van der Waals surface area contributed by atoms with Gasteiger partial charge in [0.25, 0.3) is 0 Å². The van der Waals surface area contributed by atoms with Gasteiger partial charge in [-0.05, 0) is 35.9 Å². The highest BCUT2D eigenvalue weighted by Crippen LogP contribution is 2.23. The number of nitrogens with zero attached hydrogens (tertiary/aromatic N) is 1. The van der Waals surface area contributed by atoms with Crippen LogP contribution in [-0.4, -0.2) is 7.05 Å². The van der Waals surface area contributed by atoms with Crippen LogP contribution in [0.3, 0.4) is 0 Å². The van der Waals surface area contributed by atoms with Crippen LogP contribution in [0.5, 0.6) is 0 Å². The number of benzene rings is 1. The molecule has 1 heterocycles. The predicted molar refractivity (Wildman–Crippen MR) is 72.8 cm³/mol. The van der Waals surface area contributed by atoms with Gasteiger partial charge in [-0.15, -0.1) is 0 Å². The molecule has 1 aromatic carbocycles. The molecule has 0 fully saturated rings. The Hall–Kier alpha value is -1.26. The van der Waals surface area contributed by atoms with Gasteiger partial charge in [0.05, 0.1) is 12.8 Å². The maximum Gasteiger partial charge on any atom is 0.123 e. The summed E-state index contributed by atoms with van der Waals surface area (Å²) in [5, 5.41) is 0. The summed E-state index contributed by atoms with van der Waals surface area (Å²) >= 11 is 3.49. The standard InChI is InChI=1S/C13H15BrN2O/c1-16(9-13-3-2-4-17-13)12-6-10(8-15)5-11(14)7-12/h2-7H,8-9,15H2,1H3. The molecule has 3 nitrogen and oxygen atoms in total. The van der Waals surface area contributed by atoms with Gasteiger partial charge in [0, 0.05) is 23.8 Å². The second-order valence-corrected chi connectivity index (χ2v) is 4.87. The summed E-state index contributed by atoms with van der Waals surface area (Å²) in [5.74, 6) is 0.946. The van der Waals surface area contributed by atoms with Crippen LogP contribution >= 0.6 is 15.9 Å². The Labute approximate surface area is 109 Å². The number of furan rings is 1. The number of halogens is 1. The van der Waals surface area contributed by atoms with E-state index >= 15 is 0 Å². The van der Waals surface area contributed by atoms with Gasteiger partial charge in [0.2, 0.25) is 0 Å². The van der Waals surface area contributed by atoms with Crippen molar-refractivity contribution in [2.45, 2.75) is 13.1 Å². The highest BCUT2D eigenvalue weighted by atomic mass is 79.9. The van der Waals surface area contributed by atoms with Gasteiger partial charge in [-0.25, -0.2) is 0 Å². The van der Waals surface area contributed by atoms with E-state index in [9.17, 15) is 0 Å². The Bertz CT molecular complexity index is 482. The van der Waals surface area contributed by atoms with E-state index in [1.165, 1.54) is 0 Å². The Morgan fingerprint density at radius 2 is 2.18 bits per heavy atom. The minimum absolute atomic E-state index is 0.543. The molecule has 0 aliphatic heterocycles. The van der Waals surface area contributed by atoms with E-state index in [0.29, 0.717) is 6.54 Å². The Kier molecular flexibility index (Phi) is 3.86. The maximum atomic E-state index is 5.67. The first kappa shape index (κ1) is 12.2. The van der Waals surface area contributed by atoms with E-state index in [0.717, 1.165) is 28.0 Å². The van der Waals surface area contributed by atoms with Crippen LogP contribution in [0.25, 0.3) is 0 Å². The zero-order valence-corrected chi connectivity index (χ0v) is 11.3. The summed E-state index contributed by atoms with van der Waals surface area (Å²) < 4.78 is 6.38. The lowest BCUT2D eigenvalue weighted by Gasteiger charge is -2.19. The minimum atomic E-state index is 0.543.